The van der Waals surface area contributed by atoms with Crippen molar-refractivity contribution in [2.75, 3.05) is 24.3 Å². The van der Waals surface area contributed by atoms with Crippen LogP contribution in [0.4, 0.5) is 11.5 Å². The molecule has 2 rings (SSSR count). The molecule has 2 aromatic rings. The normalized spacial score (nSPS) is 10.0. The van der Waals surface area contributed by atoms with Gasteiger partial charge in [-0.2, -0.15) is 0 Å². The molecule has 0 aliphatic rings. The summed E-state index contributed by atoms with van der Waals surface area (Å²) in [6.45, 7) is 1.47. The quantitative estimate of drug-likeness (QED) is 0.876. The van der Waals surface area contributed by atoms with Crippen LogP contribution in [0, 0.1) is 0 Å². The molecule has 0 fully saturated rings. The Morgan fingerprint density at radius 3 is 2.38 bits per heavy atom. The van der Waals surface area contributed by atoms with E-state index in [0.717, 1.165) is 5.82 Å². The lowest BCUT2D eigenvalue weighted by atomic mass is 10.1. The maximum atomic E-state index is 12.2. The number of nitrogens with one attached hydrogen (secondary N) is 1. The second-order valence-corrected chi connectivity index (χ2v) is 4.86. The molecule has 1 amide bonds. The van der Waals surface area contributed by atoms with Crippen molar-refractivity contribution in [1.82, 2.24) is 4.98 Å². The molecule has 0 aliphatic heterocycles. The molecule has 0 saturated heterocycles. The van der Waals surface area contributed by atoms with Crippen LogP contribution in [-0.4, -0.2) is 30.8 Å². The highest BCUT2D eigenvalue weighted by Crippen LogP contribution is 2.17. The summed E-state index contributed by atoms with van der Waals surface area (Å²) in [5.74, 6) is 0.393. The number of anilines is 2. The van der Waals surface area contributed by atoms with Gasteiger partial charge in [0.05, 0.1) is 11.3 Å². The van der Waals surface area contributed by atoms with Crippen LogP contribution in [-0.2, 0) is 0 Å². The average molecular weight is 283 g/mol. The van der Waals surface area contributed by atoms with Crippen molar-refractivity contribution in [2.45, 2.75) is 6.92 Å². The Hall–Kier alpha value is -2.69. The van der Waals surface area contributed by atoms with Crippen LogP contribution in [0.2, 0.25) is 0 Å². The molecule has 0 saturated carbocycles. The van der Waals surface area contributed by atoms with Gasteiger partial charge >= 0.3 is 0 Å². The van der Waals surface area contributed by atoms with Gasteiger partial charge in [0.15, 0.2) is 5.78 Å². The van der Waals surface area contributed by atoms with E-state index in [1.165, 1.54) is 13.1 Å². The van der Waals surface area contributed by atoms with Crippen LogP contribution in [0.3, 0.4) is 0 Å². The third-order valence-electron chi connectivity index (χ3n) is 3.02. The Kier molecular flexibility index (Phi) is 4.33. The number of ketones is 1. The first kappa shape index (κ1) is 14.7. The monoisotopic (exact) mass is 283 g/mol. The van der Waals surface area contributed by atoms with Gasteiger partial charge in [0.2, 0.25) is 0 Å². The van der Waals surface area contributed by atoms with Crippen LogP contribution >= 0.6 is 0 Å². The lowest BCUT2D eigenvalue weighted by Crippen LogP contribution is -2.16. The van der Waals surface area contributed by atoms with E-state index in [0.29, 0.717) is 16.8 Å². The fourth-order valence-corrected chi connectivity index (χ4v) is 1.88. The Labute approximate surface area is 123 Å². The van der Waals surface area contributed by atoms with E-state index in [9.17, 15) is 9.59 Å². The van der Waals surface area contributed by atoms with Gasteiger partial charge in [0.25, 0.3) is 5.91 Å². The smallest absolute Gasteiger partial charge is 0.257 e. The predicted molar refractivity (Wildman–Crippen MR) is 83.0 cm³/mol. The largest absolute Gasteiger partial charge is 0.363 e. The summed E-state index contributed by atoms with van der Waals surface area (Å²) in [5.41, 5.74) is 1.44. The molecule has 108 valence electrons. The van der Waals surface area contributed by atoms with Gasteiger partial charge in [-0.25, -0.2) is 4.98 Å². The first-order valence-electron chi connectivity index (χ1n) is 6.53. The van der Waals surface area contributed by atoms with E-state index in [-0.39, 0.29) is 11.7 Å². The summed E-state index contributed by atoms with van der Waals surface area (Å²) in [7, 11) is 3.76. The first-order valence-corrected chi connectivity index (χ1v) is 6.53. The molecule has 1 heterocycles. The molecule has 0 unspecified atom stereocenters. The minimum Gasteiger partial charge on any atom is -0.363 e. The lowest BCUT2D eigenvalue weighted by Gasteiger charge is -2.12. The number of hydrogen-bond acceptors (Lipinski definition) is 4. The van der Waals surface area contributed by atoms with E-state index in [1.807, 2.05) is 19.0 Å². The highest BCUT2D eigenvalue weighted by molar-refractivity contribution is 6.08. The topological polar surface area (TPSA) is 62.3 Å². The van der Waals surface area contributed by atoms with Crippen LogP contribution in [0.1, 0.15) is 27.6 Å². The number of amides is 1. The molecule has 21 heavy (non-hydrogen) atoms. The third-order valence-corrected chi connectivity index (χ3v) is 3.02. The molecule has 5 nitrogen and oxygen atoms in total. The fourth-order valence-electron chi connectivity index (χ4n) is 1.88. The lowest BCUT2D eigenvalue weighted by molar-refractivity contribution is 0.101. The van der Waals surface area contributed by atoms with Crippen LogP contribution in [0.5, 0.6) is 0 Å². The molecule has 0 atom stereocenters. The number of carbonyl (C=O) groups is 2. The molecule has 0 spiro atoms. The summed E-state index contributed by atoms with van der Waals surface area (Å²) < 4.78 is 0. The zero-order chi connectivity index (χ0) is 15.4. The zero-order valence-electron chi connectivity index (χ0n) is 12.3. The van der Waals surface area contributed by atoms with Gasteiger partial charge in [0.1, 0.15) is 5.82 Å². The minimum absolute atomic E-state index is 0.0908. The predicted octanol–water partition coefficient (Wildman–Crippen LogP) is 2.60. The van der Waals surface area contributed by atoms with Crippen molar-refractivity contribution >= 4 is 23.2 Å². The van der Waals surface area contributed by atoms with Gasteiger partial charge < -0.3 is 10.2 Å². The fraction of sp³-hybridized carbons (Fsp3) is 0.188. The molecule has 1 aromatic heterocycles. The van der Waals surface area contributed by atoms with Crippen molar-refractivity contribution in [3.05, 3.63) is 53.7 Å². The summed E-state index contributed by atoms with van der Waals surface area (Å²) in [6.07, 6.45) is 1.51. The van der Waals surface area contributed by atoms with Crippen molar-refractivity contribution in [2.24, 2.45) is 0 Å². The molecule has 1 N–H and O–H groups in total. The average Bonchev–Trinajstić information content (AvgIpc) is 2.47. The van der Waals surface area contributed by atoms with Crippen molar-refractivity contribution < 1.29 is 9.59 Å². The second-order valence-electron chi connectivity index (χ2n) is 4.86. The number of nitrogens with zero attached hydrogens (tertiary/aromatic N) is 2. The molecule has 0 bridgehead atoms. The highest BCUT2D eigenvalue weighted by Gasteiger charge is 2.11. The molecule has 0 radical (unpaired) electrons. The summed E-state index contributed by atoms with van der Waals surface area (Å²) in [5, 5.41) is 2.74. The van der Waals surface area contributed by atoms with Gasteiger partial charge in [-0.15, -0.1) is 0 Å². The number of pyridine rings is 1. The van der Waals surface area contributed by atoms with E-state index < -0.39 is 0 Å². The van der Waals surface area contributed by atoms with Gasteiger partial charge in [-0.3, -0.25) is 9.59 Å². The maximum Gasteiger partial charge on any atom is 0.257 e. The Balaban J connectivity index is 2.20. The maximum absolute atomic E-state index is 12.2. The van der Waals surface area contributed by atoms with E-state index >= 15 is 0 Å². The second kappa shape index (κ2) is 6.17. The number of Topliss-reactive ketones (excluding diaryl/α,β-unsaturated/α-hetero) is 1. The van der Waals surface area contributed by atoms with Crippen molar-refractivity contribution in [3.63, 3.8) is 0 Å². The summed E-state index contributed by atoms with van der Waals surface area (Å²) >= 11 is 0. The number of aromatic nitrogens is 1. The number of hydrogen-bond donors (Lipinski definition) is 1. The number of rotatable bonds is 4. The molecule has 1 aromatic carbocycles. The Morgan fingerprint density at radius 2 is 1.81 bits per heavy atom. The van der Waals surface area contributed by atoms with Gasteiger partial charge in [0, 0.05) is 25.9 Å². The summed E-state index contributed by atoms with van der Waals surface area (Å²) in [4.78, 5) is 29.8. The zero-order valence-corrected chi connectivity index (χ0v) is 12.3. The highest BCUT2D eigenvalue weighted by atomic mass is 16.1. The van der Waals surface area contributed by atoms with Crippen molar-refractivity contribution in [3.8, 4) is 0 Å². The van der Waals surface area contributed by atoms with E-state index in [4.69, 9.17) is 0 Å². The van der Waals surface area contributed by atoms with E-state index in [1.54, 1.807) is 36.4 Å². The Morgan fingerprint density at radius 1 is 1.10 bits per heavy atom. The van der Waals surface area contributed by atoms with E-state index in [2.05, 4.69) is 10.3 Å². The standard InChI is InChI=1S/C16H17N3O2/c1-11(20)13-6-4-5-7-14(13)18-16(21)12-8-9-15(17-10-12)19(2)3/h4-10H,1-3H3,(H,18,21). The number of para-hydroxylation sites is 1. The SMILES string of the molecule is CC(=O)c1ccccc1NC(=O)c1ccc(N(C)C)nc1. The molecule has 0 aliphatic carbocycles. The first-order chi connectivity index (χ1) is 9.99. The van der Waals surface area contributed by atoms with Crippen LogP contribution in [0.25, 0.3) is 0 Å². The number of benzene rings is 1. The number of carbonyl (C=O) groups excluding carboxylic acids is 2. The van der Waals surface area contributed by atoms with Gasteiger partial charge in [-0.1, -0.05) is 12.1 Å². The van der Waals surface area contributed by atoms with Crippen LogP contribution in [0.15, 0.2) is 42.6 Å². The Bertz CT molecular complexity index is 663. The minimum atomic E-state index is -0.290. The van der Waals surface area contributed by atoms with Crippen LogP contribution < -0.4 is 10.2 Å². The summed E-state index contributed by atoms with van der Waals surface area (Å²) in [6, 6.07) is 10.4. The molecular weight excluding hydrogens is 266 g/mol. The molecule has 5 heteroatoms. The molecular formula is C16H17N3O2. The van der Waals surface area contributed by atoms with Gasteiger partial charge in [-0.05, 0) is 31.2 Å². The third kappa shape index (κ3) is 3.45. The van der Waals surface area contributed by atoms with Crippen molar-refractivity contribution in [1.29, 1.82) is 0 Å².